The number of anilines is 1. The van der Waals surface area contributed by atoms with Crippen molar-refractivity contribution in [3.05, 3.63) is 24.0 Å². The van der Waals surface area contributed by atoms with Gasteiger partial charge in [-0.3, -0.25) is 9.59 Å². The average molecular weight is 225 g/mol. The Bertz CT molecular complexity index is 418. The molecule has 0 fully saturated rings. The summed E-state index contributed by atoms with van der Waals surface area (Å²) in [4.78, 5) is 21.7. The van der Waals surface area contributed by atoms with E-state index in [1.165, 1.54) is 12.1 Å². The van der Waals surface area contributed by atoms with Crippen molar-refractivity contribution in [2.24, 2.45) is 0 Å². The van der Waals surface area contributed by atoms with Crippen LogP contribution in [0.25, 0.3) is 0 Å². The van der Waals surface area contributed by atoms with E-state index in [9.17, 15) is 14.0 Å². The van der Waals surface area contributed by atoms with Crippen molar-refractivity contribution in [3.8, 4) is 5.75 Å². The van der Waals surface area contributed by atoms with Gasteiger partial charge in [-0.15, -0.1) is 0 Å². The van der Waals surface area contributed by atoms with Crippen LogP contribution in [0.1, 0.15) is 13.8 Å². The van der Waals surface area contributed by atoms with Crippen molar-refractivity contribution < 1.29 is 18.7 Å². The minimum Gasteiger partial charge on any atom is -0.491 e. The van der Waals surface area contributed by atoms with E-state index in [2.05, 4.69) is 5.32 Å². The number of Topliss-reactive ketones (excluding diaryl/α,β-unsaturated/α-hetero) is 1. The highest BCUT2D eigenvalue weighted by molar-refractivity contribution is 6.39. The molecule has 4 nitrogen and oxygen atoms in total. The lowest BCUT2D eigenvalue weighted by Gasteiger charge is -2.07. The predicted molar refractivity (Wildman–Crippen MR) is 56.9 cm³/mol. The number of hydrogen-bond donors (Lipinski definition) is 1. The van der Waals surface area contributed by atoms with E-state index in [-0.39, 0.29) is 11.4 Å². The number of carbonyl (C=O) groups is 2. The quantitative estimate of drug-likeness (QED) is 0.794. The third kappa shape index (κ3) is 3.05. The summed E-state index contributed by atoms with van der Waals surface area (Å²) in [5.74, 6) is -1.87. The zero-order valence-electron chi connectivity index (χ0n) is 9.04. The molecule has 0 unspecified atom stereocenters. The maximum atomic E-state index is 13.3. The third-order valence-electron chi connectivity index (χ3n) is 1.81. The molecule has 1 amide bonds. The molecule has 1 rings (SSSR count). The minimum absolute atomic E-state index is 0.114. The zero-order valence-corrected chi connectivity index (χ0v) is 9.04. The number of carbonyl (C=O) groups excluding carboxylic acids is 2. The molecule has 0 heterocycles. The largest absolute Gasteiger partial charge is 0.491 e. The number of halogens is 1. The molecule has 16 heavy (non-hydrogen) atoms. The molecule has 0 aliphatic carbocycles. The van der Waals surface area contributed by atoms with Gasteiger partial charge in [0.15, 0.2) is 11.6 Å². The van der Waals surface area contributed by atoms with E-state index in [0.717, 1.165) is 13.0 Å². The molecular formula is C11H12FNO3. The van der Waals surface area contributed by atoms with Gasteiger partial charge < -0.3 is 10.1 Å². The Morgan fingerprint density at radius 1 is 1.44 bits per heavy atom. The molecule has 0 spiro atoms. The Hall–Kier alpha value is -1.91. The van der Waals surface area contributed by atoms with Gasteiger partial charge in [-0.2, -0.15) is 0 Å². The highest BCUT2D eigenvalue weighted by Crippen LogP contribution is 2.20. The van der Waals surface area contributed by atoms with Crippen LogP contribution in [0.3, 0.4) is 0 Å². The van der Waals surface area contributed by atoms with Gasteiger partial charge in [0.1, 0.15) is 0 Å². The Morgan fingerprint density at radius 3 is 2.62 bits per heavy atom. The van der Waals surface area contributed by atoms with Crippen LogP contribution in [0.15, 0.2) is 18.2 Å². The van der Waals surface area contributed by atoms with Crippen LogP contribution in [0.5, 0.6) is 5.75 Å². The molecule has 86 valence electrons. The Morgan fingerprint density at radius 2 is 2.12 bits per heavy atom. The first kappa shape index (κ1) is 12.2. The van der Waals surface area contributed by atoms with E-state index in [1.807, 2.05) is 0 Å². The standard InChI is InChI=1S/C11H12FNO3/c1-3-16-10-5-4-8(6-9(10)12)13-11(15)7(2)14/h4-6H,3H2,1-2H3,(H,13,15). The van der Waals surface area contributed by atoms with Gasteiger partial charge in [-0.1, -0.05) is 0 Å². The van der Waals surface area contributed by atoms with Gasteiger partial charge in [0.25, 0.3) is 5.91 Å². The summed E-state index contributed by atoms with van der Waals surface area (Å²) < 4.78 is 18.3. The first-order chi connectivity index (χ1) is 7.54. The predicted octanol–water partition coefficient (Wildman–Crippen LogP) is 1.75. The fourth-order valence-corrected chi connectivity index (χ4v) is 1.07. The number of nitrogens with one attached hydrogen (secondary N) is 1. The Labute approximate surface area is 92.4 Å². The topological polar surface area (TPSA) is 55.4 Å². The maximum absolute atomic E-state index is 13.3. The molecule has 1 aromatic rings. The van der Waals surface area contributed by atoms with Crippen LogP contribution < -0.4 is 10.1 Å². The Kier molecular flexibility index (Phi) is 3.99. The van der Waals surface area contributed by atoms with Crippen molar-refractivity contribution in [2.75, 3.05) is 11.9 Å². The lowest BCUT2D eigenvalue weighted by Crippen LogP contribution is -2.19. The van der Waals surface area contributed by atoms with E-state index in [4.69, 9.17) is 4.74 Å². The number of rotatable bonds is 4. The first-order valence-corrected chi connectivity index (χ1v) is 4.79. The SMILES string of the molecule is CCOc1ccc(NC(=O)C(C)=O)cc1F. The van der Waals surface area contributed by atoms with E-state index in [1.54, 1.807) is 6.92 Å². The monoisotopic (exact) mass is 225 g/mol. The molecule has 0 aliphatic heterocycles. The van der Waals surface area contributed by atoms with Crippen LogP contribution in [0, 0.1) is 5.82 Å². The summed E-state index contributed by atoms with van der Waals surface area (Å²) in [7, 11) is 0. The normalized spacial score (nSPS) is 9.69. The summed E-state index contributed by atoms with van der Waals surface area (Å²) in [6, 6.07) is 3.97. The van der Waals surface area contributed by atoms with Crippen molar-refractivity contribution >= 4 is 17.4 Å². The number of ketones is 1. The van der Waals surface area contributed by atoms with Crippen LogP contribution in [-0.4, -0.2) is 18.3 Å². The smallest absolute Gasteiger partial charge is 0.291 e. The number of hydrogen-bond acceptors (Lipinski definition) is 3. The fraction of sp³-hybridized carbons (Fsp3) is 0.273. The van der Waals surface area contributed by atoms with Gasteiger partial charge in [0.2, 0.25) is 5.78 Å². The number of ether oxygens (including phenoxy) is 1. The number of amides is 1. The summed E-state index contributed by atoms with van der Waals surface area (Å²) in [5, 5.41) is 2.27. The van der Waals surface area contributed by atoms with Crippen LogP contribution in [0.4, 0.5) is 10.1 Å². The molecule has 0 bridgehead atoms. The van der Waals surface area contributed by atoms with Crippen LogP contribution >= 0.6 is 0 Å². The maximum Gasteiger partial charge on any atom is 0.291 e. The Balaban J connectivity index is 2.81. The fourth-order valence-electron chi connectivity index (χ4n) is 1.07. The molecule has 0 aromatic heterocycles. The van der Waals surface area contributed by atoms with Crippen molar-refractivity contribution in [2.45, 2.75) is 13.8 Å². The highest BCUT2D eigenvalue weighted by atomic mass is 19.1. The molecule has 0 aliphatic rings. The molecular weight excluding hydrogens is 213 g/mol. The highest BCUT2D eigenvalue weighted by Gasteiger charge is 2.09. The molecule has 0 atom stereocenters. The second-order valence-electron chi connectivity index (χ2n) is 3.09. The summed E-state index contributed by atoms with van der Waals surface area (Å²) in [6.07, 6.45) is 0. The van der Waals surface area contributed by atoms with Crippen molar-refractivity contribution in [3.63, 3.8) is 0 Å². The second kappa shape index (κ2) is 5.25. The third-order valence-corrected chi connectivity index (χ3v) is 1.81. The second-order valence-corrected chi connectivity index (χ2v) is 3.09. The first-order valence-electron chi connectivity index (χ1n) is 4.79. The van der Waals surface area contributed by atoms with Crippen molar-refractivity contribution in [1.29, 1.82) is 0 Å². The summed E-state index contributed by atoms with van der Waals surface area (Å²) in [5.41, 5.74) is 0.223. The molecule has 5 heteroatoms. The average Bonchev–Trinajstić information content (AvgIpc) is 2.22. The van der Waals surface area contributed by atoms with Gasteiger partial charge >= 0.3 is 0 Å². The molecule has 1 N–H and O–H groups in total. The summed E-state index contributed by atoms with van der Waals surface area (Å²) >= 11 is 0. The minimum atomic E-state index is -0.774. The van der Waals surface area contributed by atoms with E-state index < -0.39 is 17.5 Å². The molecule has 0 saturated carbocycles. The van der Waals surface area contributed by atoms with Crippen LogP contribution in [-0.2, 0) is 9.59 Å². The van der Waals surface area contributed by atoms with Gasteiger partial charge in [0.05, 0.1) is 6.61 Å². The van der Waals surface area contributed by atoms with Crippen LogP contribution in [0.2, 0.25) is 0 Å². The lowest BCUT2D eigenvalue weighted by molar-refractivity contribution is -0.133. The summed E-state index contributed by atoms with van der Waals surface area (Å²) in [6.45, 7) is 3.24. The number of benzene rings is 1. The lowest BCUT2D eigenvalue weighted by atomic mass is 10.2. The van der Waals surface area contributed by atoms with E-state index >= 15 is 0 Å². The van der Waals surface area contributed by atoms with Gasteiger partial charge in [-0.05, 0) is 19.1 Å². The van der Waals surface area contributed by atoms with Gasteiger partial charge in [-0.25, -0.2) is 4.39 Å². The molecule has 0 radical (unpaired) electrons. The molecule has 1 aromatic carbocycles. The molecule has 0 saturated heterocycles. The van der Waals surface area contributed by atoms with Crippen molar-refractivity contribution in [1.82, 2.24) is 0 Å². The van der Waals surface area contributed by atoms with E-state index in [0.29, 0.717) is 6.61 Å². The zero-order chi connectivity index (χ0) is 12.1. The van der Waals surface area contributed by atoms with Gasteiger partial charge in [0, 0.05) is 18.7 Å².